The molecule has 2 aliphatic heterocycles. The first kappa shape index (κ1) is 16.0. The number of hydrogen-bond donors (Lipinski definition) is 1. The highest BCUT2D eigenvalue weighted by Crippen LogP contribution is 2.39. The smallest absolute Gasteiger partial charge is 0.0718 e. The van der Waals surface area contributed by atoms with E-state index in [4.69, 9.17) is 0 Å². The highest BCUT2D eigenvalue weighted by molar-refractivity contribution is 5.08. The van der Waals surface area contributed by atoms with Crippen LogP contribution in [0.25, 0.3) is 0 Å². The molecule has 0 aromatic carbocycles. The molecule has 0 atom stereocenters. The van der Waals surface area contributed by atoms with E-state index in [2.05, 4.69) is 21.1 Å². The first-order chi connectivity index (χ1) is 10.4. The molecule has 1 spiro atoms. The maximum Gasteiger partial charge on any atom is 0.0718 e. The summed E-state index contributed by atoms with van der Waals surface area (Å²) in [7, 11) is 1.98. The summed E-state index contributed by atoms with van der Waals surface area (Å²) in [6, 6.07) is 0. The molecule has 0 amide bonds. The fourth-order valence-electron chi connectivity index (χ4n) is 4.26. The number of aryl methyl sites for hydroxylation is 1. The Balaban J connectivity index is 1.61. The number of hydrogen-bond acceptors (Lipinski definition) is 4. The number of likely N-dealkylation sites (tertiary alicyclic amines) is 2. The molecule has 2 fully saturated rings. The third-order valence-electron chi connectivity index (χ3n) is 5.27. The third-order valence-corrected chi connectivity index (χ3v) is 5.27. The van der Waals surface area contributed by atoms with Gasteiger partial charge in [-0.25, -0.2) is 0 Å². The molecule has 0 radical (unpaired) electrons. The molecule has 5 heteroatoms. The van der Waals surface area contributed by atoms with Crippen LogP contribution < -0.4 is 0 Å². The number of aliphatic hydroxyl groups is 1. The van der Waals surface area contributed by atoms with Crippen molar-refractivity contribution in [1.82, 2.24) is 19.6 Å². The van der Waals surface area contributed by atoms with Gasteiger partial charge >= 0.3 is 0 Å². The monoisotopic (exact) mass is 306 g/mol. The summed E-state index contributed by atoms with van der Waals surface area (Å²) in [6.07, 6.45) is 9.22. The molecule has 1 aromatic heterocycles. The molecule has 0 unspecified atom stereocenters. The van der Waals surface area contributed by atoms with Crippen LogP contribution in [0, 0.1) is 0 Å². The predicted molar refractivity (Wildman–Crippen MR) is 87.6 cm³/mol. The van der Waals surface area contributed by atoms with Crippen molar-refractivity contribution in [3.63, 3.8) is 0 Å². The highest BCUT2D eigenvalue weighted by atomic mass is 16.3. The second kappa shape index (κ2) is 5.95. The van der Waals surface area contributed by atoms with Crippen molar-refractivity contribution in [2.75, 3.05) is 26.2 Å². The number of aromatic nitrogens is 2. The lowest BCUT2D eigenvalue weighted by Gasteiger charge is -2.46. The quantitative estimate of drug-likeness (QED) is 0.918. The molecule has 5 nitrogen and oxygen atoms in total. The Morgan fingerprint density at radius 3 is 2.55 bits per heavy atom. The van der Waals surface area contributed by atoms with Gasteiger partial charge in [0.25, 0.3) is 0 Å². The first-order valence-electron chi connectivity index (χ1n) is 8.54. The van der Waals surface area contributed by atoms with Crippen LogP contribution in [0.4, 0.5) is 0 Å². The lowest BCUT2D eigenvalue weighted by Crippen LogP contribution is -2.53. The lowest BCUT2D eigenvalue weighted by molar-refractivity contribution is -0.00256. The number of nitrogens with zero attached hydrogens (tertiary/aromatic N) is 4. The molecule has 3 rings (SSSR count). The summed E-state index contributed by atoms with van der Waals surface area (Å²) in [5, 5.41) is 14.3. The average Bonchev–Trinajstić information content (AvgIpc) is 3.00. The van der Waals surface area contributed by atoms with Crippen molar-refractivity contribution in [2.45, 2.75) is 57.2 Å². The van der Waals surface area contributed by atoms with Gasteiger partial charge in [-0.1, -0.05) is 0 Å². The number of piperidine rings is 1. The maximum atomic E-state index is 10.0. The molecule has 0 saturated carbocycles. The first-order valence-corrected chi connectivity index (χ1v) is 8.54. The Labute approximate surface area is 133 Å². The highest BCUT2D eigenvalue weighted by Gasteiger charge is 2.43. The molecule has 2 saturated heterocycles. The van der Waals surface area contributed by atoms with Crippen molar-refractivity contribution in [3.8, 4) is 0 Å². The minimum Gasteiger partial charge on any atom is -0.389 e. The molecule has 1 N–H and O–H groups in total. The summed E-state index contributed by atoms with van der Waals surface area (Å²) >= 11 is 0. The average molecular weight is 306 g/mol. The summed E-state index contributed by atoms with van der Waals surface area (Å²) < 4.78 is 1.89. The molecule has 0 aliphatic carbocycles. The van der Waals surface area contributed by atoms with E-state index >= 15 is 0 Å². The maximum absolute atomic E-state index is 10.0. The van der Waals surface area contributed by atoms with Crippen LogP contribution in [-0.2, 0) is 13.6 Å². The van der Waals surface area contributed by atoms with E-state index in [0.717, 1.165) is 26.2 Å². The van der Waals surface area contributed by atoms with E-state index in [1.54, 1.807) is 0 Å². The Morgan fingerprint density at radius 1 is 1.23 bits per heavy atom. The summed E-state index contributed by atoms with van der Waals surface area (Å²) in [4.78, 5) is 5.11. The predicted octanol–water partition coefficient (Wildman–Crippen LogP) is 1.62. The zero-order chi connectivity index (χ0) is 15.8. The number of β-amino-alcohol motifs (C(OH)–C–C–N with tert-alkyl or cyclic N) is 1. The second-order valence-corrected chi connectivity index (χ2v) is 7.86. The van der Waals surface area contributed by atoms with E-state index in [-0.39, 0.29) is 0 Å². The van der Waals surface area contributed by atoms with E-state index < -0.39 is 5.60 Å². The summed E-state index contributed by atoms with van der Waals surface area (Å²) in [6.45, 7) is 9.04. The molecular weight excluding hydrogens is 276 g/mol. The SMILES string of the molecule is Cn1cc(CN2CCCC23CCN(CC(C)(C)O)CC3)cn1. The van der Waals surface area contributed by atoms with Crippen LogP contribution in [0.5, 0.6) is 0 Å². The normalized spacial score (nSPS) is 23.5. The van der Waals surface area contributed by atoms with E-state index in [1.807, 2.05) is 31.8 Å². The fourth-order valence-corrected chi connectivity index (χ4v) is 4.26. The van der Waals surface area contributed by atoms with Crippen LogP contribution in [0.3, 0.4) is 0 Å². The van der Waals surface area contributed by atoms with Crippen molar-refractivity contribution in [2.24, 2.45) is 7.05 Å². The Kier molecular flexibility index (Phi) is 4.32. The molecule has 3 heterocycles. The van der Waals surface area contributed by atoms with Crippen LogP contribution in [0.2, 0.25) is 0 Å². The Bertz CT molecular complexity index is 497. The number of rotatable bonds is 4. The zero-order valence-electron chi connectivity index (χ0n) is 14.3. The lowest BCUT2D eigenvalue weighted by atomic mass is 9.84. The van der Waals surface area contributed by atoms with Crippen LogP contribution in [0.1, 0.15) is 45.1 Å². The zero-order valence-corrected chi connectivity index (χ0v) is 14.3. The minimum atomic E-state index is -0.588. The van der Waals surface area contributed by atoms with Crippen LogP contribution in [-0.4, -0.2) is 62.0 Å². The van der Waals surface area contributed by atoms with Gasteiger partial charge in [0, 0.05) is 50.5 Å². The van der Waals surface area contributed by atoms with Gasteiger partial charge in [-0.3, -0.25) is 9.58 Å². The van der Waals surface area contributed by atoms with Gasteiger partial charge < -0.3 is 10.0 Å². The van der Waals surface area contributed by atoms with Gasteiger partial charge in [-0.05, 0) is 46.1 Å². The summed E-state index contributed by atoms with van der Waals surface area (Å²) in [5.41, 5.74) is 1.12. The van der Waals surface area contributed by atoms with Gasteiger partial charge in [0.1, 0.15) is 0 Å². The van der Waals surface area contributed by atoms with E-state index in [9.17, 15) is 5.11 Å². The van der Waals surface area contributed by atoms with Gasteiger partial charge in [0.15, 0.2) is 0 Å². The van der Waals surface area contributed by atoms with Crippen LogP contribution in [0.15, 0.2) is 12.4 Å². The standard InChI is InChI=1S/C17H30N4O/c1-16(2,22)14-20-9-6-17(7-10-20)5-4-8-21(17)13-15-11-18-19(3)12-15/h11-12,22H,4-10,13-14H2,1-3H3. The second-order valence-electron chi connectivity index (χ2n) is 7.86. The van der Waals surface area contributed by atoms with E-state index in [0.29, 0.717) is 5.54 Å². The van der Waals surface area contributed by atoms with E-state index in [1.165, 1.54) is 37.8 Å². The molecule has 22 heavy (non-hydrogen) atoms. The molecule has 2 aliphatic rings. The van der Waals surface area contributed by atoms with Crippen LogP contribution >= 0.6 is 0 Å². The fraction of sp³-hybridized carbons (Fsp3) is 0.824. The molecular formula is C17H30N4O. The van der Waals surface area contributed by atoms with Crippen molar-refractivity contribution < 1.29 is 5.11 Å². The van der Waals surface area contributed by atoms with Gasteiger partial charge in [0.05, 0.1) is 11.8 Å². The van der Waals surface area contributed by atoms with Gasteiger partial charge in [-0.2, -0.15) is 5.10 Å². The largest absolute Gasteiger partial charge is 0.389 e. The van der Waals surface area contributed by atoms with Crippen molar-refractivity contribution in [1.29, 1.82) is 0 Å². The van der Waals surface area contributed by atoms with Crippen molar-refractivity contribution in [3.05, 3.63) is 18.0 Å². The molecule has 124 valence electrons. The minimum absolute atomic E-state index is 0.381. The van der Waals surface area contributed by atoms with Gasteiger partial charge in [0.2, 0.25) is 0 Å². The third kappa shape index (κ3) is 3.53. The topological polar surface area (TPSA) is 44.5 Å². The van der Waals surface area contributed by atoms with Gasteiger partial charge in [-0.15, -0.1) is 0 Å². The molecule has 1 aromatic rings. The summed E-state index contributed by atoms with van der Waals surface area (Å²) in [5.74, 6) is 0. The Morgan fingerprint density at radius 2 is 1.95 bits per heavy atom. The Hall–Kier alpha value is -0.910. The van der Waals surface area contributed by atoms with Crippen molar-refractivity contribution >= 4 is 0 Å². The molecule has 0 bridgehead atoms.